The Morgan fingerprint density at radius 2 is 1.03 bits per heavy atom. The highest BCUT2D eigenvalue weighted by atomic mass is 16.6. The third-order valence-corrected chi connectivity index (χ3v) is 18.3. The third kappa shape index (κ3) is 20.4. The molecule has 0 unspecified atom stereocenters. The van der Waals surface area contributed by atoms with Crippen LogP contribution in [0.2, 0.25) is 0 Å². The average molecular weight is 1300 g/mol. The van der Waals surface area contributed by atoms with E-state index in [0.29, 0.717) is 137 Å². The van der Waals surface area contributed by atoms with Crippen molar-refractivity contribution in [2.45, 2.75) is 149 Å². The molecule has 4 bridgehead atoms. The number of methoxy groups -OCH3 is 2. The molecule has 2 aromatic carbocycles. The molecule has 3 amide bonds. The van der Waals surface area contributed by atoms with Crippen molar-refractivity contribution in [1.29, 1.82) is 0 Å². The number of carboxylic acids is 1. The summed E-state index contributed by atoms with van der Waals surface area (Å²) in [5.41, 5.74) is -0.368. The molecule has 4 saturated carbocycles. The zero-order chi connectivity index (χ0) is 68.3. The second kappa shape index (κ2) is 31.7. The first kappa shape index (κ1) is 73.7. The van der Waals surface area contributed by atoms with Crippen LogP contribution in [0.5, 0.6) is 11.5 Å². The number of benzene rings is 2. The Kier molecular flexibility index (Phi) is 25.2. The monoisotopic (exact) mass is 1300 g/mol. The molecular formula is C70H108N10O13. The molecule has 0 radical (unpaired) electrons. The summed E-state index contributed by atoms with van der Waals surface area (Å²) in [6.45, 7) is 26.7. The fraction of sp³-hybridized carbons (Fsp3) is 0.686. The lowest BCUT2D eigenvalue weighted by atomic mass is 9.48. The SMILES string of the molecule is COc1cccc(OC)c1-c1cc(C(=O)NC2(C(=O)O)C3CC4CC(C3)CC2C4)nn1-c1ccc(C(=O)N(C)CCCN(C)CCCN(C)C(=O)CN2CCN(CC(=O)OC(C)(C)C)CCN(CC(=O)OC(C)(C)C)CCN(CC(=O)OC(C)(C)C)CC2)cc1C(C)C. The quantitative estimate of drug-likeness (QED) is 0.0631. The lowest BCUT2D eigenvalue weighted by Crippen LogP contribution is -2.70. The molecule has 5 fully saturated rings. The molecule has 4 aliphatic carbocycles. The van der Waals surface area contributed by atoms with E-state index in [1.807, 2.05) is 123 Å². The fourth-order valence-electron chi connectivity index (χ4n) is 14.0. The van der Waals surface area contributed by atoms with E-state index < -0.39 is 34.2 Å². The molecule has 23 heteroatoms. The number of rotatable bonds is 25. The number of esters is 3. The van der Waals surface area contributed by atoms with E-state index in [0.717, 1.165) is 37.7 Å². The summed E-state index contributed by atoms with van der Waals surface area (Å²) in [6, 6.07) is 12.6. The van der Waals surface area contributed by atoms with Crippen LogP contribution in [0.25, 0.3) is 16.9 Å². The van der Waals surface area contributed by atoms with E-state index in [1.54, 1.807) is 60.0 Å². The molecule has 5 aliphatic rings. The number of nitrogens with zero attached hydrogens (tertiary/aromatic N) is 9. The normalized spacial score (nSPS) is 21.2. The van der Waals surface area contributed by atoms with Crippen molar-refractivity contribution in [3.05, 3.63) is 59.3 Å². The second-order valence-corrected chi connectivity index (χ2v) is 29.6. The molecular weight excluding hydrogens is 1190 g/mol. The van der Waals surface area contributed by atoms with Crippen molar-refractivity contribution in [3.63, 3.8) is 0 Å². The van der Waals surface area contributed by atoms with Gasteiger partial charge in [-0.15, -0.1) is 0 Å². The number of hydrogen-bond donors (Lipinski definition) is 2. The summed E-state index contributed by atoms with van der Waals surface area (Å²) < 4.78 is 30.6. The number of hydrogen-bond acceptors (Lipinski definition) is 18. The maximum Gasteiger partial charge on any atom is 0.330 e. The largest absolute Gasteiger partial charge is 0.496 e. The van der Waals surface area contributed by atoms with Gasteiger partial charge in [0.25, 0.3) is 11.8 Å². The highest BCUT2D eigenvalue weighted by molar-refractivity contribution is 5.98. The minimum atomic E-state index is -1.38. The number of likely N-dealkylation sites (N-methyl/N-ethyl adjacent to an activating group) is 1. The van der Waals surface area contributed by atoms with E-state index in [9.17, 15) is 38.7 Å². The highest BCUT2D eigenvalue weighted by Crippen LogP contribution is 2.58. The molecule has 1 aromatic heterocycles. The van der Waals surface area contributed by atoms with Gasteiger partial charge in [0.2, 0.25) is 5.91 Å². The lowest BCUT2D eigenvalue weighted by Gasteiger charge is -2.59. The van der Waals surface area contributed by atoms with E-state index in [-0.39, 0.29) is 79.3 Å². The maximum absolute atomic E-state index is 14.6. The Morgan fingerprint density at radius 1 is 0.602 bits per heavy atom. The topological polar surface area (TPSA) is 238 Å². The fourth-order valence-corrected chi connectivity index (χ4v) is 14.0. The van der Waals surface area contributed by atoms with Gasteiger partial charge in [0.1, 0.15) is 33.8 Å². The first-order chi connectivity index (χ1) is 43.6. The number of carbonyl (C=O) groups is 7. The molecule has 516 valence electrons. The number of aliphatic carboxylic acids is 1. The van der Waals surface area contributed by atoms with Crippen LogP contribution in [-0.2, 0) is 38.2 Å². The van der Waals surface area contributed by atoms with Gasteiger partial charge in [0.05, 0.1) is 57.3 Å². The van der Waals surface area contributed by atoms with Gasteiger partial charge in [-0.3, -0.25) is 48.4 Å². The predicted molar refractivity (Wildman–Crippen MR) is 356 cm³/mol. The van der Waals surface area contributed by atoms with Crippen molar-refractivity contribution >= 4 is 41.6 Å². The van der Waals surface area contributed by atoms with Crippen molar-refractivity contribution in [3.8, 4) is 28.4 Å². The van der Waals surface area contributed by atoms with Crippen LogP contribution in [-0.4, -0.2) is 253 Å². The van der Waals surface area contributed by atoms with Gasteiger partial charge in [-0.1, -0.05) is 19.9 Å². The van der Waals surface area contributed by atoms with Crippen molar-refractivity contribution in [1.82, 2.24) is 49.4 Å². The summed E-state index contributed by atoms with van der Waals surface area (Å²) >= 11 is 0. The summed E-state index contributed by atoms with van der Waals surface area (Å²) in [4.78, 5) is 110. The van der Waals surface area contributed by atoms with Gasteiger partial charge >= 0.3 is 23.9 Å². The molecule has 93 heavy (non-hydrogen) atoms. The van der Waals surface area contributed by atoms with Gasteiger partial charge in [-0.05, 0) is 199 Å². The number of aromatic nitrogens is 2. The highest BCUT2D eigenvalue weighted by Gasteiger charge is 2.62. The standard InChI is InChI=1S/C70H108N10O13/c1-47(2)53-41-50(22-23-55(53)80-56(63-57(89-15)20-17-21-58(63)90-16)42-54(72-80)64(85)71-70(66(87)88)51-37-48-36-49(39-51)40-52(70)38-48)65(86)75(14)27-19-25-73(12)24-18-26-74(13)59(81)43-76-28-30-77(44-60(82)91-67(3,4)5)32-34-79(46-62(84)93-69(9,10)11)35-33-78(31-29-76)45-61(83)92-68(6,7)8/h17,20-23,41-42,47-49,51-52H,18-19,24-40,43-46H2,1-16H3,(H,71,85)(H,87,88). The van der Waals surface area contributed by atoms with Crippen LogP contribution < -0.4 is 14.8 Å². The minimum absolute atomic E-state index is 0.0300. The Bertz CT molecular complexity index is 2990. The summed E-state index contributed by atoms with van der Waals surface area (Å²) in [5.74, 6) is -1.32. The molecule has 3 aromatic rings. The third-order valence-electron chi connectivity index (χ3n) is 18.3. The number of amides is 3. The maximum atomic E-state index is 14.6. The molecule has 2 heterocycles. The number of nitrogens with one attached hydrogen (secondary N) is 1. The smallest absolute Gasteiger partial charge is 0.330 e. The molecule has 1 aliphatic heterocycles. The zero-order valence-electron chi connectivity index (χ0n) is 58.6. The first-order valence-electron chi connectivity index (χ1n) is 33.4. The number of carboxylic acid groups (broad SMARTS) is 1. The van der Waals surface area contributed by atoms with Crippen LogP contribution in [0, 0.1) is 23.7 Å². The van der Waals surface area contributed by atoms with E-state index in [2.05, 4.69) is 15.1 Å². The Morgan fingerprint density at radius 3 is 1.44 bits per heavy atom. The second-order valence-electron chi connectivity index (χ2n) is 29.6. The minimum Gasteiger partial charge on any atom is -0.496 e. The lowest BCUT2D eigenvalue weighted by molar-refractivity contribution is -0.163. The van der Waals surface area contributed by atoms with E-state index >= 15 is 0 Å². The molecule has 0 spiro atoms. The van der Waals surface area contributed by atoms with Crippen molar-refractivity contribution in [2.75, 3.05) is 140 Å². The van der Waals surface area contributed by atoms with Crippen molar-refractivity contribution in [2.24, 2.45) is 23.7 Å². The number of carbonyl (C=O) groups excluding carboxylic acids is 6. The Hall–Kier alpha value is -6.66. The van der Waals surface area contributed by atoms with Gasteiger partial charge < -0.3 is 48.8 Å². The zero-order valence-corrected chi connectivity index (χ0v) is 58.6. The molecule has 23 nitrogen and oxygen atoms in total. The molecule has 8 rings (SSSR count). The van der Waals surface area contributed by atoms with Gasteiger partial charge in [-0.2, -0.15) is 5.10 Å². The van der Waals surface area contributed by atoms with Crippen molar-refractivity contribution < 1.29 is 62.4 Å². The van der Waals surface area contributed by atoms with Crippen LogP contribution in [0.3, 0.4) is 0 Å². The van der Waals surface area contributed by atoms with E-state index in [4.69, 9.17) is 28.8 Å². The van der Waals surface area contributed by atoms with Gasteiger partial charge in [-0.25, -0.2) is 9.48 Å². The average Bonchev–Trinajstić information content (AvgIpc) is 1.17. The summed E-state index contributed by atoms with van der Waals surface area (Å²) in [5, 5.41) is 19.0. The first-order valence-corrected chi connectivity index (χ1v) is 33.4. The summed E-state index contributed by atoms with van der Waals surface area (Å²) in [6.07, 6.45) is 5.69. The predicted octanol–water partition coefficient (Wildman–Crippen LogP) is 7.18. The van der Waals surface area contributed by atoms with Gasteiger partial charge in [0, 0.05) is 85.1 Å². The Balaban J connectivity index is 0.971. The van der Waals surface area contributed by atoms with Crippen LogP contribution >= 0.6 is 0 Å². The van der Waals surface area contributed by atoms with Crippen LogP contribution in [0.1, 0.15) is 153 Å². The van der Waals surface area contributed by atoms with Crippen LogP contribution in [0.4, 0.5) is 0 Å². The summed E-state index contributed by atoms with van der Waals surface area (Å²) in [7, 11) is 8.75. The van der Waals surface area contributed by atoms with E-state index in [1.165, 1.54) is 0 Å². The molecule has 0 atom stereocenters. The van der Waals surface area contributed by atoms with Crippen LogP contribution in [0.15, 0.2) is 42.5 Å². The Labute approximate surface area is 552 Å². The molecule has 1 saturated heterocycles. The number of ether oxygens (including phenoxy) is 5. The molecule has 2 N–H and O–H groups in total. The van der Waals surface area contributed by atoms with Gasteiger partial charge in [0.15, 0.2) is 5.69 Å².